The van der Waals surface area contributed by atoms with Crippen LogP contribution in [0.5, 0.6) is 0 Å². The lowest BCUT2D eigenvalue weighted by atomic mass is 9.89. The number of thioether (sulfide) groups is 1. The Bertz CT molecular complexity index is 181. The largest absolute Gasteiger partial charge is 0.393 e. The Morgan fingerprint density at radius 2 is 2.29 bits per heavy atom. The van der Waals surface area contributed by atoms with Crippen LogP contribution in [0.4, 0.5) is 0 Å². The van der Waals surface area contributed by atoms with Crippen LogP contribution in [0.15, 0.2) is 0 Å². The second-order valence-corrected chi connectivity index (χ2v) is 4.90. The summed E-state index contributed by atoms with van der Waals surface area (Å²) < 4.78 is 0. The van der Waals surface area contributed by atoms with Crippen molar-refractivity contribution < 1.29 is 9.90 Å². The zero-order chi connectivity index (χ0) is 10.4. The van der Waals surface area contributed by atoms with Gasteiger partial charge in [-0.15, -0.1) is 0 Å². The maximum absolute atomic E-state index is 11.3. The van der Waals surface area contributed by atoms with Gasteiger partial charge in [0.15, 0.2) is 0 Å². The zero-order valence-corrected chi connectivity index (χ0v) is 9.48. The second-order valence-electron chi connectivity index (χ2n) is 3.80. The Labute approximate surface area is 89.6 Å². The molecule has 0 radical (unpaired) electrons. The molecule has 1 saturated carbocycles. The summed E-state index contributed by atoms with van der Waals surface area (Å²) in [4.78, 5) is 11.3. The van der Waals surface area contributed by atoms with Crippen molar-refractivity contribution in [3.05, 3.63) is 0 Å². The van der Waals surface area contributed by atoms with Gasteiger partial charge < -0.3 is 10.4 Å². The Kier molecular flexibility index (Phi) is 5.33. The maximum atomic E-state index is 11.3. The van der Waals surface area contributed by atoms with E-state index in [0.717, 1.165) is 18.6 Å². The molecule has 1 amide bonds. The van der Waals surface area contributed by atoms with Gasteiger partial charge in [0, 0.05) is 6.04 Å². The topological polar surface area (TPSA) is 49.3 Å². The number of unbranched alkanes of at least 4 members (excludes halogenated alkanes) is 1. The predicted octanol–water partition coefficient (Wildman–Crippen LogP) is 1.16. The van der Waals surface area contributed by atoms with E-state index in [9.17, 15) is 4.79 Å². The minimum atomic E-state index is -0.187. The highest BCUT2D eigenvalue weighted by molar-refractivity contribution is 7.99. The van der Waals surface area contributed by atoms with Crippen molar-refractivity contribution >= 4 is 17.7 Å². The number of carbonyl (C=O) groups is 1. The molecule has 0 bridgehead atoms. The average molecular weight is 217 g/mol. The van der Waals surface area contributed by atoms with Crippen LogP contribution in [-0.2, 0) is 4.79 Å². The van der Waals surface area contributed by atoms with Gasteiger partial charge in [-0.25, -0.2) is 0 Å². The quantitative estimate of drug-likeness (QED) is 0.656. The van der Waals surface area contributed by atoms with Gasteiger partial charge in [0.2, 0.25) is 5.91 Å². The van der Waals surface area contributed by atoms with Crippen molar-refractivity contribution in [3.63, 3.8) is 0 Å². The molecule has 0 aliphatic heterocycles. The van der Waals surface area contributed by atoms with Crippen LogP contribution < -0.4 is 5.32 Å². The Morgan fingerprint density at radius 3 is 2.86 bits per heavy atom. The predicted molar refractivity (Wildman–Crippen MR) is 59.4 cm³/mol. The first-order valence-corrected chi connectivity index (χ1v) is 6.43. The molecule has 0 aromatic rings. The lowest BCUT2D eigenvalue weighted by molar-refractivity contribution is -0.120. The molecule has 4 heteroatoms. The average Bonchev–Trinajstić information content (AvgIpc) is 2.10. The number of aliphatic hydroxyl groups excluding tert-OH is 1. The van der Waals surface area contributed by atoms with E-state index in [-0.39, 0.29) is 18.1 Å². The van der Waals surface area contributed by atoms with E-state index in [1.54, 1.807) is 11.8 Å². The van der Waals surface area contributed by atoms with Crippen LogP contribution in [0.1, 0.15) is 32.6 Å². The summed E-state index contributed by atoms with van der Waals surface area (Å²) in [6.07, 6.45) is 3.63. The van der Waals surface area contributed by atoms with E-state index in [0.29, 0.717) is 5.75 Å². The molecule has 3 nitrogen and oxygen atoms in total. The van der Waals surface area contributed by atoms with Crippen LogP contribution >= 0.6 is 11.8 Å². The van der Waals surface area contributed by atoms with Gasteiger partial charge in [0.1, 0.15) is 0 Å². The number of amides is 1. The third-order valence-corrected chi connectivity index (χ3v) is 3.40. The highest BCUT2D eigenvalue weighted by Gasteiger charge is 2.27. The molecule has 14 heavy (non-hydrogen) atoms. The number of hydrogen-bond acceptors (Lipinski definition) is 3. The number of rotatable bonds is 6. The van der Waals surface area contributed by atoms with Crippen molar-refractivity contribution in [3.8, 4) is 0 Å². The number of hydrogen-bond donors (Lipinski definition) is 2. The van der Waals surface area contributed by atoms with Gasteiger partial charge in [0.05, 0.1) is 11.9 Å². The van der Waals surface area contributed by atoms with Crippen LogP contribution in [0.2, 0.25) is 0 Å². The van der Waals surface area contributed by atoms with Gasteiger partial charge >= 0.3 is 0 Å². The van der Waals surface area contributed by atoms with E-state index in [1.165, 1.54) is 12.8 Å². The van der Waals surface area contributed by atoms with Gasteiger partial charge in [-0.05, 0) is 25.0 Å². The molecular weight excluding hydrogens is 198 g/mol. The smallest absolute Gasteiger partial charge is 0.230 e. The van der Waals surface area contributed by atoms with Crippen LogP contribution in [0, 0.1) is 0 Å². The summed E-state index contributed by atoms with van der Waals surface area (Å²) >= 11 is 1.69. The first kappa shape index (κ1) is 11.9. The van der Waals surface area contributed by atoms with Crippen molar-refractivity contribution in [1.82, 2.24) is 5.32 Å². The summed E-state index contributed by atoms with van der Waals surface area (Å²) in [5, 5.41) is 11.9. The monoisotopic (exact) mass is 217 g/mol. The highest BCUT2D eigenvalue weighted by Crippen LogP contribution is 2.19. The Hall–Kier alpha value is -0.220. The SMILES string of the molecule is CCCCSCC(=O)NC1CC(O)C1. The van der Waals surface area contributed by atoms with Crippen molar-refractivity contribution in [2.75, 3.05) is 11.5 Å². The molecule has 0 aromatic carbocycles. The van der Waals surface area contributed by atoms with Crippen molar-refractivity contribution in [1.29, 1.82) is 0 Å². The van der Waals surface area contributed by atoms with Gasteiger partial charge in [-0.1, -0.05) is 13.3 Å². The molecule has 2 N–H and O–H groups in total. The van der Waals surface area contributed by atoms with Crippen LogP contribution in [0.25, 0.3) is 0 Å². The van der Waals surface area contributed by atoms with Crippen molar-refractivity contribution in [2.45, 2.75) is 44.8 Å². The molecule has 0 aromatic heterocycles. The molecule has 1 aliphatic carbocycles. The fourth-order valence-electron chi connectivity index (χ4n) is 1.39. The molecule has 0 saturated heterocycles. The molecule has 0 heterocycles. The van der Waals surface area contributed by atoms with Gasteiger partial charge in [-0.2, -0.15) is 11.8 Å². The Balaban J connectivity index is 1.94. The summed E-state index contributed by atoms with van der Waals surface area (Å²) in [6, 6.07) is 0.226. The number of aliphatic hydroxyl groups is 1. The fraction of sp³-hybridized carbons (Fsp3) is 0.900. The first-order valence-electron chi connectivity index (χ1n) is 5.27. The van der Waals surface area contributed by atoms with Crippen molar-refractivity contribution in [2.24, 2.45) is 0 Å². The zero-order valence-electron chi connectivity index (χ0n) is 8.66. The van der Waals surface area contributed by atoms with E-state index in [1.807, 2.05) is 0 Å². The van der Waals surface area contributed by atoms with Crippen LogP contribution in [0.3, 0.4) is 0 Å². The maximum Gasteiger partial charge on any atom is 0.230 e. The molecule has 1 fully saturated rings. The standard InChI is InChI=1S/C10H19NO2S/c1-2-3-4-14-7-10(13)11-8-5-9(12)6-8/h8-9,12H,2-7H2,1H3,(H,11,13). The molecule has 82 valence electrons. The van der Waals surface area contributed by atoms with E-state index >= 15 is 0 Å². The normalized spacial score (nSPS) is 25.6. The molecular formula is C10H19NO2S. The van der Waals surface area contributed by atoms with Gasteiger partial charge in [-0.3, -0.25) is 4.79 Å². The molecule has 1 rings (SSSR count). The van der Waals surface area contributed by atoms with E-state index in [4.69, 9.17) is 5.11 Å². The first-order chi connectivity index (χ1) is 6.72. The number of carbonyl (C=O) groups excluding carboxylic acids is 1. The third kappa shape index (κ3) is 4.33. The summed E-state index contributed by atoms with van der Waals surface area (Å²) in [5.74, 6) is 1.74. The number of nitrogens with one attached hydrogen (secondary N) is 1. The highest BCUT2D eigenvalue weighted by atomic mass is 32.2. The molecule has 0 spiro atoms. The van der Waals surface area contributed by atoms with Crippen LogP contribution in [-0.4, -0.2) is 34.7 Å². The second kappa shape index (κ2) is 6.30. The third-order valence-electron chi connectivity index (χ3n) is 2.35. The lowest BCUT2D eigenvalue weighted by Crippen LogP contribution is -2.47. The summed E-state index contributed by atoms with van der Waals surface area (Å²) in [7, 11) is 0. The lowest BCUT2D eigenvalue weighted by Gasteiger charge is -2.31. The molecule has 0 unspecified atom stereocenters. The summed E-state index contributed by atoms with van der Waals surface area (Å²) in [5.41, 5.74) is 0. The van der Waals surface area contributed by atoms with E-state index in [2.05, 4.69) is 12.2 Å². The van der Waals surface area contributed by atoms with E-state index < -0.39 is 0 Å². The summed E-state index contributed by atoms with van der Waals surface area (Å²) in [6.45, 7) is 2.15. The fourth-order valence-corrected chi connectivity index (χ4v) is 2.29. The van der Waals surface area contributed by atoms with Gasteiger partial charge in [0.25, 0.3) is 0 Å². The minimum Gasteiger partial charge on any atom is -0.393 e. The minimum absolute atomic E-state index is 0.114. The molecule has 0 atom stereocenters. The molecule has 1 aliphatic rings. The Morgan fingerprint density at radius 1 is 1.57 bits per heavy atom.